The predicted octanol–water partition coefficient (Wildman–Crippen LogP) is -5.16. The van der Waals surface area contributed by atoms with Gasteiger partial charge in [-0.1, -0.05) is 0 Å². The third kappa shape index (κ3) is 8.89. The zero-order chi connectivity index (χ0) is 0. The van der Waals surface area contributed by atoms with Crippen LogP contribution in [0.4, 0.5) is 0 Å². The molecule has 0 atom stereocenters. The summed E-state index contributed by atoms with van der Waals surface area (Å²) in [5, 5.41) is 0. The molecular weight excluding hydrogens is 358 g/mol. The SMILES string of the molecule is [Ce+3].[GeH5-].[GeH5-].[GeH5-]. The molecule has 0 saturated carbocycles. The Morgan fingerprint density at radius 1 is 0.500 bits per heavy atom. The van der Waals surface area contributed by atoms with Crippen molar-refractivity contribution in [2.75, 3.05) is 0 Å². The third-order valence-corrected chi connectivity index (χ3v) is 0. The molecule has 4 heteroatoms. The van der Waals surface area contributed by atoms with E-state index in [1.54, 1.807) is 0 Å². The van der Waals surface area contributed by atoms with Gasteiger partial charge in [0.15, 0.2) is 0 Å². The van der Waals surface area contributed by atoms with Crippen LogP contribution in [0.1, 0.15) is 0 Å². The minimum atomic E-state index is 0. The van der Waals surface area contributed by atoms with Crippen LogP contribution in [0.15, 0.2) is 0 Å². The Kier molecular flexibility index (Phi) is 116. The van der Waals surface area contributed by atoms with Gasteiger partial charge >= 0.3 is 94.5 Å². The summed E-state index contributed by atoms with van der Waals surface area (Å²) < 4.78 is 0. The fourth-order valence-corrected chi connectivity index (χ4v) is 0. The second kappa shape index (κ2) is 16.7. The van der Waals surface area contributed by atoms with Gasteiger partial charge in [-0.05, 0) is 0 Å². The average molecular weight is 373 g/mol. The first-order chi connectivity index (χ1) is 0. The first-order valence-electron chi connectivity index (χ1n) is 0. The summed E-state index contributed by atoms with van der Waals surface area (Å²) in [4.78, 5) is 0. The number of rotatable bonds is 0. The maximum absolute atomic E-state index is 0. The molecule has 0 bridgehead atoms. The van der Waals surface area contributed by atoms with Gasteiger partial charge in [-0.25, -0.2) is 0 Å². The Labute approximate surface area is 92.5 Å². The normalized spacial score (nSPS) is 0. The molecule has 0 aliphatic rings. The van der Waals surface area contributed by atoms with Gasteiger partial charge in [0.1, 0.15) is 0 Å². The second-order valence-corrected chi connectivity index (χ2v) is 0. The molecule has 0 aliphatic heterocycles. The van der Waals surface area contributed by atoms with E-state index < -0.39 is 0 Å². The molecule has 0 nitrogen and oxygen atoms in total. The van der Waals surface area contributed by atoms with Crippen LogP contribution in [-0.2, 0) is 0 Å². The van der Waals surface area contributed by atoms with Crippen molar-refractivity contribution >= 4 is 52.8 Å². The van der Waals surface area contributed by atoms with E-state index in [0.717, 1.165) is 0 Å². The van der Waals surface area contributed by atoms with E-state index in [-0.39, 0.29) is 94.5 Å². The van der Waals surface area contributed by atoms with Gasteiger partial charge in [-0.2, -0.15) is 0 Å². The second-order valence-electron chi connectivity index (χ2n) is 0. The van der Waals surface area contributed by atoms with Crippen LogP contribution in [0.5, 0.6) is 0 Å². The predicted molar refractivity (Wildman–Crippen MR) is 38.2 cm³/mol. The van der Waals surface area contributed by atoms with Gasteiger partial charge in [-0.3, -0.25) is 0 Å². The Bertz CT molecular complexity index is 3.25. The van der Waals surface area contributed by atoms with E-state index in [9.17, 15) is 0 Å². The van der Waals surface area contributed by atoms with E-state index in [4.69, 9.17) is 0 Å². The first-order valence-corrected chi connectivity index (χ1v) is 0. The topological polar surface area (TPSA) is 0 Å². The molecular formula is H15CeGe3. The van der Waals surface area contributed by atoms with Crippen molar-refractivity contribution in [1.82, 2.24) is 0 Å². The van der Waals surface area contributed by atoms with E-state index in [1.165, 1.54) is 0 Å². The van der Waals surface area contributed by atoms with Crippen LogP contribution in [-0.4, -0.2) is 52.8 Å². The standard InChI is InChI=1S/Ce.3GeH5/h;3*1H5/q+3;3*-1. The summed E-state index contributed by atoms with van der Waals surface area (Å²) in [6, 6.07) is 0. The molecule has 0 spiro atoms. The molecule has 0 heterocycles. The Hall–Kier alpha value is 3.01. The number of hydrogen-bond acceptors (Lipinski definition) is 0. The van der Waals surface area contributed by atoms with Crippen LogP contribution in [0.3, 0.4) is 0 Å². The summed E-state index contributed by atoms with van der Waals surface area (Å²) in [7, 11) is 0. The van der Waals surface area contributed by atoms with Crippen molar-refractivity contribution < 1.29 is 41.7 Å². The molecule has 4 heavy (non-hydrogen) atoms. The Balaban J connectivity index is 0. The zero-order valence-electron chi connectivity index (χ0n) is 0.500. The summed E-state index contributed by atoms with van der Waals surface area (Å²) in [5.41, 5.74) is 0. The summed E-state index contributed by atoms with van der Waals surface area (Å²) in [6.07, 6.45) is 0. The molecule has 1 radical (unpaired) electrons. The van der Waals surface area contributed by atoms with Crippen LogP contribution in [0.2, 0.25) is 0 Å². The summed E-state index contributed by atoms with van der Waals surface area (Å²) in [5.74, 6) is 0. The molecule has 0 rings (SSSR count). The third-order valence-electron chi connectivity index (χ3n) is 0. The molecule has 0 fully saturated rings. The molecule has 0 N–H and O–H groups in total. The number of hydrogen-bond donors (Lipinski definition) is 0. The average Bonchev–Trinajstić information content (AvgIpc) is 0. The molecule has 0 unspecified atom stereocenters. The summed E-state index contributed by atoms with van der Waals surface area (Å²) in [6.45, 7) is 0. The van der Waals surface area contributed by atoms with Crippen LogP contribution < -0.4 is 0 Å². The van der Waals surface area contributed by atoms with Crippen LogP contribution >= 0.6 is 0 Å². The molecule has 0 amide bonds. The van der Waals surface area contributed by atoms with Gasteiger partial charge in [0, 0.05) is 0 Å². The van der Waals surface area contributed by atoms with E-state index in [1.807, 2.05) is 0 Å². The van der Waals surface area contributed by atoms with Crippen LogP contribution in [0, 0.1) is 41.7 Å². The maximum atomic E-state index is 0. The minimum absolute atomic E-state index is 0. The molecule has 0 saturated heterocycles. The molecule has 31 valence electrons. The van der Waals surface area contributed by atoms with Gasteiger partial charge < -0.3 is 0 Å². The molecule has 0 aliphatic carbocycles. The Morgan fingerprint density at radius 2 is 0.500 bits per heavy atom. The Morgan fingerprint density at radius 3 is 0.500 bits per heavy atom. The summed E-state index contributed by atoms with van der Waals surface area (Å²) >= 11 is 0. The van der Waals surface area contributed by atoms with Crippen LogP contribution in [0.25, 0.3) is 0 Å². The van der Waals surface area contributed by atoms with E-state index in [2.05, 4.69) is 0 Å². The monoisotopic (exact) mass is 377 g/mol. The van der Waals surface area contributed by atoms with Gasteiger partial charge in [0.05, 0.1) is 0 Å². The van der Waals surface area contributed by atoms with Gasteiger partial charge in [-0.15, -0.1) is 0 Å². The van der Waals surface area contributed by atoms with Crippen molar-refractivity contribution in [1.29, 1.82) is 0 Å². The van der Waals surface area contributed by atoms with Gasteiger partial charge in [0.2, 0.25) is 0 Å². The van der Waals surface area contributed by atoms with Crippen molar-refractivity contribution in [3.8, 4) is 0 Å². The fourth-order valence-electron chi connectivity index (χ4n) is 0. The van der Waals surface area contributed by atoms with Crippen molar-refractivity contribution in [3.63, 3.8) is 0 Å². The van der Waals surface area contributed by atoms with Gasteiger partial charge in [0.25, 0.3) is 0 Å². The first kappa shape index (κ1) is 28.0. The zero-order valence-corrected chi connectivity index (χ0v) is 3.64. The van der Waals surface area contributed by atoms with Crippen molar-refractivity contribution in [2.45, 2.75) is 0 Å². The van der Waals surface area contributed by atoms with Crippen molar-refractivity contribution in [2.24, 2.45) is 0 Å². The van der Waals surface area contributed by atoms with E-state index in [0.29, 0.717) is 0 Å². The molecule has 0 aromatic heterocycles. The molecule has 0 aromatic rings. The van der Waals surface area contributed by atoms with Crippen molar-refractivity contribution in [3.05, 3.63) is 0 Å². The molecule has 0 aromatic carbocycles. The van der Waals surface area contributed by atoms with E-state index >= 15 is 0 Å². The quantitative estimate of drug-likeness (QED) is 0.373. The fraction of sp³-hybridized carbons (Fsp3) is 0.